The maximum absolute atomic E-state index is 5.64. The summed E-state index contributed by atoms with van der Waals surface area (Å²) in [6, 6.07) is 0.829. The van der Waals surface area contributed by atoms with Crippen molar-refractivity contribution >= 4 is 0 Å². The molecule has 0 radical (unpaired) electrons. The Kier molecular flexibility index (Phi) is 2.45. The predicted octanol–water partition coefficient (Wildman–Crippen LogP) is -0.678. The van der Waals surface area contributed by atoms with Crippen LogP contribution in [0.2, 0.25) is 0 Å². The van der Waals surface area contributed by atoms with Gasteiger partial charge in [-0.1, -0.05) is 0 Å². The monoisotopic (exact) mass is 130 g/mol. The molecule has 1 aliphatic heterocycles. The summed E-state index contributed by atoms with van der Waals surface area (Å²) >= 11 is 0. The summed E-state index contributed by atoms with van der Waals surface area (Å²) in [6.45, 7) is 1.72. The van der Waals surface area contributed by atoms with Gasteiger partial charge in [-0.05, 0) is 6.42 Å². The quantitative estimate of drug-likeness (QED) is 0.521. The van der Waals surface area contributed by atoms with E-state index in [0.717, 1.165) is 19.6 Å². The van der Waals surface area contributed by atoms with E-state index in [-0.39, 0.29) is 0 Å². The Hall–Kier alpha value is -0.120. The molecule has 54 valence electrons. The van der Waals surface area contributed by atoms with Crippen molar-refractivity contribution in [3.8, 4) is 0 Å². The Bertz CT molecular complexity index is 85.1. The molecule has 0 aromatic rings. The van der Waals surface area contributed by atoms with Gasteiger partial charge in [0.05, 0.1) is 6.61 Å². The van der Waals surface area contributed by atoms with E-state index in [2.05, 4.69) is 5.32 Å². The molecule has 1 aliphatic rings. The van der Waals surface area contributed by atoms with Crippen LogP contribution in [-0.2, 0) is 4.74 Å². The number of ether oxygens (including phenoxy) is 1. The lowest BCUT2D eigenvalue weighted by atomic mass is 10.2. The van der Waals surface area contributed by atoms with Crippen LogP contribution >= 0.6 is 0 Å². The van der Waals surface area contributed by atoms with Gasteiger partial charge >= 0.3 is 0 Å². The average Bonchev–Trinajstić information content (AvgIpc) is 2.17. The summed E-state index contributed by atoms with van der Waals surface area (Å²) in [6.07, 6.45) is 1.05. The van der Waals surface area contributed by atoms with E-state index in [0.29, 0.717) is 12.1 Å². The third-order valence-electron chi connectivity index (χ3n) is 1.62. The van der Waals surface area contributed by atoms with Crippen LogP contribution in [-0.4, -0.2) is 32.3 Å². The van der Waals surface area contributed by atoms with Gasteiger partial charge in [0.15, 0.2) is 0 Å². The van der Waals surface area contributed by atoms with Crippen molar-refractivity contribution in [2.75, 3.05) is 20.3 Å². The largest absolute Gasteiger partial charge is 0.383 e. The van der Waals surface area contributed by atoms with Crippen molar-refractivity contribution < 1.29 is 4.74 Å². The van der Waals surface area contributed by atoms with Crippen molar-refractivity contribution in [3.63, 3.8) is 0 Å². The van der Waals surface area contributed by atoms with Gasteiger partial charge in [0, 0.05) is 25.7 Å². The molecule has 0 amide bonds. The van der Waals surface area contributed by atoms with E-state index < -0.39 is 0 Å². The van der Waals surface area contributed by atoms with Gasteiger partial charge in [-0.25, -0.2) is 0 Å². The molecule has 0 saturated carbocycles. The topological polar surface area (TPSA) is 47.3 Å². The van der Waals surface area contributed by atoms with Gasteiger partial charge in [0.1, 0.15) is 0 Å². The zero-order chi connectivity index (χ0) is 6.69. The van der Waals surface area contributed by atoms with Gasteiger partial charge in [-0.3, -0.25) is 0 Å². The van der Waals surface area contributed by atoms with Crippen molar-refractivity contribution in [3.05, 3.63) is 0 Å². The zero-order valence-corrected chi connectivity index (χ0v) is 5.76. The molecule has 0 unspecified atom stereocenters. The SMILES string of the molecule is COC[C@H]1C[C@H](N)CN1. The molecule has 3 heteroatoms. The summed E-state index contributed by atoms with van der Waals surface area (Å²) in [5.74, 6) is 0. The smallest absolute Gasteiger partial charge is 0.0616 e. The average molecular weight is 130 g/mol. The minimum Gasteiger partial charge on any atom is -0.383 e. The van der Waals surface area contributed by atoms with E-state index in [4.69, 9.17) is 10.5 Å². The van der Waals surface area contributed by atoms with Crippen LogP contribution in [0.25, 0.3) is 0 Å². The lowest BCUT2D eigenvalue weighted by Gasteiger charge is -2.06. The standard InChI is InChI=1S/C6H14N2O/c1-9-4-6-2-5(7)3-8-6/h5-6,8H,2-4,7H2,1H3/t5-,6+/m0/s1. The number of methoxy groups -OCH3 is 1. The number of nitrogens with one attached hydrogen (secondary N) is 1. The number of rotatable bonds is 2. The molecule has 3 nitrogen and oxygen atoms in total. The highest BCUT2D eigenvalue weighted by atomic mass is 16.5. The molecule has 9 heavy (non-hydrogen) atoms. The fourth-order valence-electron chi connectivity index (χ4n) is 1.18. The summed E-state index contributed by atoms with van der Waals surface area (Å²) in [7, 11) is 1.71. The van der Waals surface area contributed by atoms with Gasteiger partial charge < -0.3 is 15.8 Å². The first-order valence-electron chi connectivity index (χ1n) is 3.31. The second-order valence-corrected chi connectivity index (χ2v) is 2.56. The van der Waals surface area contributed by atoms with Crippen LogP contribution in [0.15, 0.2) is 0 Å². The molecule has 2 atom stereocenters. The van der Waals surface area contributed by atoms with Crippen molar-refractivity contribution in [2.45, 2.75) is 18.5 Å². The second kappa shape index (κ2) is 3.15. The Labute approximate surface area is 55.6 Å². The lowest BCUT2D eigenvalue weighted by molar-refractivity contribution is 0.173. The van der Waals surface area contributed by atoms with Crippen LogP contribution in [0.5, 0.6) is 0 Å². The molecule has 1 heterocycles. The Morgan fingerprint density at radius 1 is 1.78 bits per heavy atom. The van der Waals surface area contributed by atoms with E-state index in [1.54, 1.807) is 7.11 Å². The highest BCUT2D eigenvalue weighted by molar-refractivity contribution is 4.83. The van der Waals surface area contributed by atoms with Gasteiger partial charge in [0.2, 0.25) is 0 Å². The van der Waals surface area contributed by atoms with Gasteiger partial charge in [-0.15, -0.1) is 0 Å². The third-order valence-corrected chi connectivity index (χ3v) is 1.62. The first-order chi connectivity index (χ1) is 4.33. The molecule has 0 aromatic carbocycles. The van der Waals surface area contributed by atoms with E-state index >= 15 is 0 Å². The Morgan fingerprint density at radius 3 is 3.00 bits per heavy atom. The molecule has 0 bridgehead atoms. The minimum atomic E-state index is 0.338. The van der Waals surface area contributed by atoms with Gasteiger partial charge in [0.25, 0.3) is 0 Å². The number of nitrogens with two attached hydrogens (primary N) is 1. The van der Waals surface area contributed by atoms with Crippen LogP contribution in [0.4, 0.5) is 0 Å². The van der Waals surface area contributed by atoms with Crippen LogP contribution in [0.1, 0.15) is 6.42 Å². The molecule has 0 spiro atoms. The molecule has 0 aliphatic carbocycles. The summed E-state index contributed by atoms with van der Waals surface area (Å²) in [5.41, 5.74) is 5.64. The predicted molar refractivity (Wildman–Crippen MR) is 36.3 cm³/mol. The second-order valence-electron chi connectivity index (χ2n) is 2.56. The maximum Gasteiger partial charge on any atom is 0.0616 e. The summed E-state index contributed by atoms with van der Waals surface area (Å²) in [5, 5.41) is 3.26. The zero-order valence-electron chi connectivity index (χ0n) is 5.76. The highest BCUT2D eigenvalue weighted by Gasteiger charge is 2.19. The van der Waals surface area contributed by atoms with E-state index in [1.807, 2.05) is 0 Å². The molecular weight excluding hydrogens is 116 g/mol. The normalized spacial score (nSPS) is 35.3. The highest BCUT2D eigenvalue weighted by Crippen LogP contribution is 2.03. The fraction of sp³-hybridized carbons (Fsp3) is 1.00. The first-order valence-corrected chi connectivity index (χ1v) is 3.31. The summed E-state index contributed by atoms with van der Waals surface area (Å²) in [4.78, 5) is 0. The van der Waals surface area contributed by atoms with Crippen LogP contribution < -0.4 is 11.1 Å². The van der Waals surface area contributed by atoms with Crippen LogP contribution in [0.3, 0.4) is 0 Å². The maximum atomic E-state index is 5.64. The van der Waals surface area contributed by atoms with Crippen molar-refractivity contribution in [2.24, 2.45) is 5.73 Å². The fourth-order valence-corrected chi connectivity index (χ4v) is 1.18. The van der Waals surface area contributed by atoms with Crippen molar-refractivity contribution in [1.82, 2.24) is 5.32 Å². The van der Waals surface area contributed by atoms with Crippen LogP contribution in [0, 0.1) is 0 Å². The number of hydrogen-bond acceptors (Lipinski definition) is 3. The molecule has 3 N–H and O–H groups in total. The summed E-state index contributed by atoms with van der Waals surface area (Å²) < 4.78 is 4.96. The molecule has 1 rings (SSSR count). The molecule has 1 saturated heterocycles. The molecule has 0 aromatic heterocycles. The lowest BCUT2D eigenvalue weighted by Crippen LogP contribution is -2.26. The molecule has 1 fully saturated rings. The molecular formula is C6H14N2O. The Morgan fingerprint density at radius 2 is 2.56 bits per heavy atom. The first kappa shape index (κ1) is 6.99. The minimum absolute atomic E-state index is 0.338. The van der Waals surface area contributed by atoms with E-state index in [1.165, 1.54) is 0 Å². The number of hydrogen-bond donors (Lipinski definition) is 2. The van der Waals surface area contributed by atoms with Crippen molar-refractivity contribution in [1.29, 1.82) is 0 Å². The van der Waals surface area contributed by atoms with E-state index in [9.17, 15) is 0 Å². The Balaban J connectivity index is 2.14. The third kappa shape index (κ3) is 1.93. The van der Waals surface area contributed by atoms with Gasteiger partial charge in [-0.2, -0.15) is 0 Å².